The number of benzene rings is 2. The standard InChI is InChI=1S/C20H17IO3/c1-3-6-16-18(23-12-14-7-4-5-8-17(14)21)10-9-15-13(2)11-19(22)24-20(15)16/h3-5,7-11H,1,6,12H2,2H3. The third kappa shape index (κ3) is 3.38. The summed E-state index contributed by atoms with van der Waals surface area (Å²) in [5.74, 6) is 0.718. The minimum atomic E-state index is -0.347. The highest BCUT2D eigenvalue weighted by Gasteiger charge is 2.13. The summed E-state index contributed by atoms with van der Waals surface area (Å²) in [5.41, 5.74) is 3.11. The first-order chi connectivity index (χ1) is 11.6. The lowest BCUT2D eigenvalue weighted by molar-refractivity contribution is 0.302. The number of hydrogen-bond donors (Lipinski definition) is 0. The van der Waals surface area contributed by atoms with Gasteiger partial charge >= 0.3 is 5.63 Å². The van der Waals surface area contributed by atoms with Crippen molar-refractivity contribution in [2.24, 2.45) is 0 Å². The zero-order valence-corrected chi connectivity index (χ0v) is 15.5. The van der Waals surface area contributed by atoms with Gasteiger partial charge in [0.25, 0.3) is 0 Å². The molecule has 1 heterocycles. The molecular weight excluding hydrogens is 415 g/mol. The van der Waals surface area contributed by atoms with Crippen molar-refractivity contribution < 1.29 is 9.15 Å². The molecule has 0 unspecified atom stereocenters. The fraction of sp³-hybridized carbons (Fsp3) is 0.150. The normalized spacial score (nSPS) is 10.8. The summed E-state index contributed by atoms with van der Waals surface area (Å²) in [6, 6.07) is 13.5. The number of rotatable bonds is 5. The van der Waals surface area contributed by atoms with Crippen molar-refractivity contribution in [3.63, 3.8) is 0 Å². The predicted octanol–water partition coefficient (Wildman–Crippen LogP) is 5.01. The van der Waals surface area contributed by atoms with Gasteiger partial charge in [-0.1, -0.05) is 24.3 Å². The maximum atomic E-state index is 11.8. The summed E-state index contributed by atoms with van der Waals surface area (Å²) < 4.78 is 12.6. The minimum absolute atomic E-state index is 0.347. The zero-order chi connectivity index (χ0) is 17.1. The molecule has 3 nitrogen and oxygen atoms in total. The molecule has 0 N–H and O–H groups in total. The molecule has 0 aliphatic rings. The van der Waals surface area contributed by atoms with Crippen LogP contribution in [-0.4, -0.2) is 0 Å². The summed E-state index contributed by atoms with van der Waals surface area (Å²) in [5, 5.41) is 0.924. The smallest absolute Gasteiger partial charge is 0.336 e. The summed E-state index contributed by atoms with van der Waals surface area (Å²) in [6.45, 7) is 6.17. The molecular formula is C20H17IO3. The molecule has 122 valence electrons. The van der Waals surface area contributed by atoms with Gasteiger partial charge in [0.1, 0.15) is 17.9 Å². The topological polar surface area (TPSA) is 39.4 Å². The largest absolute Gasteiger partial charge is 0.488 e. The molecule has 0 radical (unpaired) electrons. The van der Waals surface area contributed by atoms with Gasteiger partial charge < -0.3 is 9.15 Å². The minimum Gasteiger partial charge on any atom is -0.488 e. The third-order valence-electron chi connectivity index (χ3n) is 3.87. The van der Waals surface area contributed by atoms with E-state index in [1.54, 1.807) is 6.08 Å². The Labute approximate surface area is 154 Å². The first kappa shape index (κ1) is 16.8. The lowest BCUT2D eigenvalue weighted by Crippen LogP contribution is -2.03. The molecule has 0 spiro atoms. The van der Waals surface area contributed by atoms with Crippen LogP contribution in [-0.2, 0) is 13.0 Å². The summed E-state index contributed by atoms with van der Waals surface area (Å²) >= 11 is 2.30. The molecule has 0 bridgehead atoms. The molecule has 1 aromatic heterocycles. The van der Waals surface area contributed by atoms with Gasteiger partial charge in [-0.25, -0.2) is 4.79 Å². The lowest BCUT2D eigenvalue weighted by Gasteiger charge is -2.14. The van der Waals surface area contributed by atoms with E-state index >= 15 is 0 Å². The number of ether oxygens (including phenoxy) is 1. The molecule has 0 fully saturated rings. The van der Waals surface area contributed by atoms with Crippen molar-refractivity contribution in [2.45, 2.75) is 20.0 Å². The maximum Gasteiger partial charge on any atom is 0.336 e. The number of hydrogen-bond acceptors (Lipinski definition) is 3. The van der Waals surface area contributed by atoms with Crippen LogP contribution in [0.1, 0.15) is 16.7 Å². The molecule has 24 heavy (non-hydrogen) atoms. The molecule has 0 saturated carbocycles. The molecule has 0 aliphatic carbocycles. The van der Waals surface area contributed by atoms with Crippen LogP contribution in [0.2, 0.25) is 0 Å². The average molecular weight is 432 g/mol. The Hall–Kier alpha value is -2.08. The Balaban J connectivity index is 2.04. The molecule has 0 aliphatic heterocycles. The van der Waals surface area contributed by atoms with Gasteiger partial charge in [0, 0.05) is 26.1 Å². The van der Waals surface area contributed by atoms with Crippen LogP contribution >= 0.6 is 22.6 Å². The van der Waals surface area contributed by atoms with Gasteiger partial charge in [0.15, 0.2) is 0 Å². The molecule has 0 atom stereocenters. The van der Waals surface area contributed by atoms with Crippen molar-refractivity contribution in [3.05, 3.63) is 85.8 Å². The lowest BCUT2D eigenvalue weighted by atomic mass is 10.0. The van der Waals surface area contributed by atoms with Crippen LogP contribution in [0, 0.1) is 10.5 Å². The van der Waals surface area contributed by atoms with Crippen molar-refractivity contribution in [1.29, 1.82) is 0 Å². The van der Waals surface area contributed by atoms with E-state index in [0.717, 1.165) is 31.4 Å². The Morgan fingerprint density at radius 3 is 2.79 bits per heavy atom. The number of allylic oxidation sites excluding steroid dienone is 1. The van der Waals surface area contributed by atoms with E-state index in [1.807, 2.05) is 43.3 Å². The van der Waals surface area contributed by atoms with Crippen LogP contribution in [0.5, 0.6) is 5.75 Å². The number of fused-ring (bicyclic) bond motifs is 1. The first-order valence-corrected chi connectivity index (χ1v) is 8.71. The Kier molecular flexibility index (Phi) is 5.04. The highest BCUT2D eigenvalue weighted by Crippen LogP contribution is 2.30. The second-order valence-electron chi connectivity index (χ2n) is 5.54. The van der Waals surface area contributed by atoms with Crippen LogP contribution in [0.3, 0.4) is 0 Å². The SMILES string of the molecule is C=CCc1c(OCc2ccccc2I)ccc2c(C)cc(=O)oc12. The fourth-order valence-corrected chi connectivity index (χ4v) is 3.21. The van der Waals surface area contributed by atoms with Crippen molar-refractivity contribution in [3.8, 4) is 5.75 Å². The predicted molar refractivity (Wildman–Crippen MR) is 105 cm³/mol. The summed E-state index contributed by atoms with van der Waals surface area (Å²) in [6.07, 6.45) is 2.36. The van der Waals surface area contributed by atoms with Gasteiger partial charge in [0.05, 0.1) is 0 Å². The zero-order valence-electron chi connectivity index (χ0n) is 13.3. The number of aryl methyl sites for hydroxylation is 1. The quantitative estimate of drug-likeness (QED) is 0.323. The van der Waals surface area contributed by atoms with Crippen molar-refractivity contribution >= 4 is 33.6 Å². The second kappa shape index (κ2) is 7.21. The van der Waals surface area contributed by atoms with E-state index in [4.69, 9.17) is 9.15 Å². The van der Waals surface area contributed by atoms with Gasteiger partial charge in [-0.3, -0.25) is 0 Å². The van der Waals surface area contributed by atoms with E-state index in [2.05, 4.69) is 29.2 Å². The molecule has 3 rings (SSSR count). The summed E-state index contributed by atoms with van der Waals surface area (Å²) in [4.78, 5) is 11.8. The first-order valence-electron chi connectivity index (χ1n) is 7.63. The summed E-state index contributed by atoms with van der Waals surface area (Å²) in [7, 11) is 0. The van der Waals surface area contributed by atoms with E-state index < -0.39 is 0 Å². The number of halogens is 1. The molecule has 0 saturated heterocycles. The Morgan fingerprint density at radius 2 is 2.04 bits per heavy atom. The van der Waals surface area contributed by atoms with E-state index in [-0.39, 0.29) is 5.63 Å². The van der Waals surface area contributed by atoms with Crippen molar-refractivity contribution in [2.75, 3.05) is 0 Å². The molecule has 2 aromatic carbocycles. The monoisotopic (exact) mass is 432 g/mol. The van der Waals surface area contributed by atoms with Gasteiger partial charge in [-0.15, -0.1) is 6.58 Å². The Bertz CT molecular complexity index is 957. The molecule has 0 amide bonds. The maximum absolute atomic E-state index is 11.8. The third-order valence-corrected chi connectivity index (χ3v) is 4.92. The van der Waals surface area contributed by atoms with Gasteiger partial charge in [-0.2, -0.15) is 0 Å². The van der Waals surface area contributed by atoms with Crippen LogP contribution in [0.15, 0.2) is 64.3 Å². The highest BCUT2D eigenvalue weighted by molar-refractivity contribution is 14.1. The van der Waals surface area contributed by atoms with E-state index in [1.165, 1.54) is 6.07 Å². The van der Waals surface area contributed by atoms with Crippen LogP contribution in [0.25, 0.3) is 11.0 Å². The van der Waals surface area contributed by atoms with E-state index in [9.17, 15) is 4.79 Å². The van der Waals surface area contributed by atoms with Gasteiger partial charge in [-0.05, 0) is 59.7 Å². The van der Waals surface area contributed by atoms with Crippen LogP contribution < -0.4 is 10.4 Å². The average Bonchev–Trinajstić information content (AvgIpc) is 2.55. The molecule has 3 aromatic rings. The van der Waals surface area contributed by atoms with Crippen LogP contribution in [0.4, 0.5) is 0 Å². The highest BCUT2D eigenvalue weighted by atomic mass is 127. The van der Waals surface area contributed by atoms with Crippen molar-refractivity contribution in [1.82, 2.24) is 0 Å². The molecule has 4 heteroatoms. The fourth-order valence-electron chi connectivity index (χ4n) is 2.67. The van der Waals surface area contributed by atoms with E-state index in [0.29, 0.717) is 18.6 Å². The van der Waals surface area contributed by atoms with Gasteiger partial charge in [0.2, 0.25) is 0 Å². The Morgan fingerprint density at radius 1 is 1.25 bits per heavy atom. The second-order valence-corrected chi connectivity index (χ2v) is 6.70.